The molecule has 11 nitrogen and oxygen atoms in total. The van der Waals surface area contributed by atoms with Crippen LogP contribution in [0.2, 0.25) is 0 Å². The van der Waals surface area contributed by atoms with Gasteiger partial charge in [-0.3, -0.25) is 14.5 Å². The van der Waals surface area contributed by atoms with Crippen LogP contribution in [0.15, 0.2) is 30.6 Å². The van der Waals surface area contributed by atoms with Crippen LogP contribution in [-0.2, 0) is 28.4 Å². The van der Waals surface area contributed by atoms with Crippen LogP contribution in [0.5, 0.6) is 17.2 Å². The smallest absolute Gasteiger partial charge is 0.211 e. The first-order chi connectivity index (χ1) is 18.1. The number of hydrogen-bond acceptors (Lipinski definition) is 9. The number of methoxy groups -OCH3 is 1. The van der Waals surface area contributed by atoms with Crippen LogP contribution in [-0.4, -0.2) is 55.4 Å². The van der Waals surface area contributed by atoms with Crippen molar-refractivity contribution in [1.29, 1.82) is 0 Å². The first-order valence-electron chi connectivity index (χ1n) is 12.6. The number of rotatable bonds is 8. The van der Waals surface area contributed by atoms with Crippen molar-refractivity contribution in [2.45, 2.75) is 52.0 Å². The van der Waals surface area contributed by atoms with Crippen LogP contribution >= 0.6 is 0 Å². The summed E-state index contributed by atoms with van der Waals surface area (Å²) < 4.78 is 21.4. The van der Waals surface area contributed by atoms with Crippen LogP contribution in [0.3, 0.4) is 0 Å². The number of hydrogen-bond donors (Lipinski definition) is 1. The predicted molar refractivity (Wildman–Crippen MR) is 142 cm³/mol. The number of fused-ring (bicyclic) bond motifs is 1. The number of anilines is 2. The molecule has 0 radical (unpaired) electrons. The van der Waals surface area contributed by atoms with Crippen LogP contribution in [0.1, 0.15) is 51.5 Å². The summed E-state index contributed by atoms with van der Waals surface area (Å²) in [7, 11) is 3.46. The largest absolute Gasteiger partial charge is 0.491 e. The Balaban J connectivity index is 1.47. The van der Waals surface area contributed by atoms with Gasteiger partial charge in [-0.15, -0.1) is 0 Å². The van der Waals surface area contributed by atoms with Gasteiger partial charge >= 0.3 is 0 Å². The Morgan fingerprint density at radius 1 is 1.26 bits per heavy atom. The molecule has 0 amide bonds. The highest BCUT2D eigenvalue weighted by atomic mass is 16.5. The normalized spacial score (nSPS) is 15.7. The van der Waals surface area contributed by atoms with Crippen molar-refractivity contribution in [3.8, 4) is 17.2 Å². The molecular formula is C27H33N7O4. The first-order valence-corrected chi connectivity index (χ1v) is 12.6. The number of imidazole rings is 1. The fourth-order valence-corrected chi connectivity index (χ4v) is 4.63. The lowest BCUT2D eigenvalue weighted by Gasteiger charge is -2.22. The molecule has 5 heterocycles. The van der Waals surface area contributed by atoms with Crippen LogP contribution in [0.4, 0.5) is 11.8 Å². The van der Waals surface area contributed by atoms with Crippen molar-refractivity contribution in [2.75, 3.05) is 25.6 Å². The maximum absolute atomic E-state index is 11.5. The fraction of sp³-hybridized carbons (Fsp3) is 0.444. The molecule has 0 saturated carbocycles. The molecule has 4 aromatic heterocycles. The molecule has 4 aromatic rings. The van der Waals surface area contributed by atoms with Crippen molar-refractivity contribution in [2.24, 2.45) is 7.05 Å². The molecule has 5 rings (SSSR count). The number of Topliss-reactive ketones (excluding diaryl/α,β-unsaturated/α-hetero) is 1. The Morgan fingerprint density at radius 2 is 2.08 bits per heavy atom. The highest BCUT2D eigenvalue weighted by molar-refractivity contribution is 5.84. The lowest BCUT2D eigenvalue weighted by molar-refractivity contribution is -0.116. The molecular weight excluding hydrogens is 486 g/mol. The molecule has 1 N–H and O–H groups in total. The molecule has 11 heteroatoms. The Labute approximate surface area is 221 Å². The van der Waals surface area contributed by atoms with E-state index in [-0.39, 0.29) is 23.7 Å². The van der Waals surface area contributed by atoms with Gasteiger partial charge in [-0.1, -0.05) is 20.8 Å². The molecule has 0 aromatic carbocycles. The van der Waals surface area contributed by atoms with Crippen LogP contribution in [0.25, 0.3) is 11.2 Å². The fourth-order valence-electron chi connectivity index (χ4n) is 4.63. The first kappa shape index (κ1) is 25.7. The van der Waals surface area contributed by atoms with Gasteiger partial charge in [0.15, 0.2) is 23.0 Å². The van der Waals surface area contributed by atoms with Crippen LogP contribution in [0, 0.1) is 0 Å². The van der Waals surface area contributed by atoms with E-state index >= 15 is 0 Å². The third-order valence-corrected chi connectivity index (χ3v) is 6.47. The minimum absolute atomic E-state index is 0.0289. The quantitative estimate of drug-likeness (QED) is 0.359. The van der Waals surface area contributed by atoms with Gasteiger partial charge in [0.1, 0.15) is 17.0 Å². The lowest BCUT2D eigenvalue weighted by Crippen LogP contribution is -2.22. The van der Waals surface area contributed by atoms with Crippen molar-refractivity contribution in [3.63, 3.8) is 0 Å². The van der Waals surface area contributed by atoms with E-state index in [1.54, 1.807) is 31.6 Å². The average molecular weight is 520 g/mol. The van der Waals surface area contributed by atoms with E-state index in [4.69, 9.17) is 24.3 Å². The highest BCUT2D eigenvalue weighted by Crippen LogP contribution is 2.38. The van der Waals surface area contributed by atoms with Gasteiger partial charge < -0.3 is 24.1 Å². The number of ketones is 1. The standard InChI is InChI=1S/C27H33N7O4/c1-16(35)11-17-12-19(7-9-28-17)38-20-14-29-25-23(24(20)36-6)33(5)26(31-25)30-22-13-21(27(2,3)4)34(32-22)18-8-10-37-15-18/h7,9,12-14,18H,8,10-11,15H2,1-6H3,(H,29,30,31,32)/t18-/m1/s1. The summed E-state index contributed by atoms with van der Waals surface area (Å²) in [5, 5.41) is 8.24. The molecule has 0 bridgehead atoms. The van der Waals surface area contributed by atoms with E-state index in [0.717, 1.165) is 18.7 Å². The van der Waals surface area contributed by atoms with Gasteiger partial charge in [0, 0.05) is 49.5 Å². The number of ether oxygens (including phenoxy) is 3. The van der Waals surface area contributed by atoms with E-state index in [2.05, 4.69) is 46.8 Å². The maximum Gasteiger partial charge on any atom is 0.211 e. The van der Waals surface area contributed by atoms with E-state index in [1.807, 2.05) is 11.6 Å². The molecule has 0 unspecified atom stereocenters. The molecule has 1 aliphatic rings. The number of aryl methyl sites for hydroxylation is 1. The zero-order valence-electron chi connectivity index (χ0n) is 22.6. The van der Waals surface area contributed by atoms with Gasteiger partial charge in [0.25, 0.3) is 0 Å². The number of carbonyl (C=O) groups excluding carboxylic acids is 1. The summed E-state index contributed by atoms with van der Waals surface area (Å²) in [6.45, 7) is 9.47. The van der Waals surface area contributed by atoms with Gasteiger partial charge in [-0.25, -0.2) is 4.98 Å². The molecule has 38 heavy (non-hydrogen) atoms. The summed E-state index contributed by atoms with van der Waals surface area (Å²) in [6, 6.07) is 5.74. The monoisotopic (exact) mass is 519 g/mol. The number of pyridine rings is 2. The van der Waals surface area contributed by atoms with E-state index in [1.165, 1.54) is 6.92 Å². The Morgan fingerprint density at radius 3 is 2.76 bits per heavy atom. The number of aromatic nitrogens is 6. The summed E-state index contributed by atoms with van der Waals surface area (Å²) in [6.07, 6.45) is 4.37. The molecule has 1 fully saturated rings. The maximum atomic E-state index is 11.5. The zero-order valence-corrected chi connectivity index (χ0v) is 22.6. The third kappa shape index (κ3) is 5.06. The minimum Gasteiger partial charge on any atom is -0.491 e. The topological polar surface area (TPSA) is 118 Å². The molecule has 0 spiro atoms. The Kier molecular flexibility index (Phi) is 6.78. The van der Waals surface area contributed by atoms with Gasteiger partial charge in [0.2, 0.25) is 5.95 Å². The number of carbonyl (C=O) groups is 1. The minimum atomic E-state index is -0.0872. The SMILES string of the molecule is COc1c(Oc2ccnc(CC(C)=O)c2)cnc2nc(Nc3cc(C(C)(C)C)n([C@@H]4CCOC4)n3)n(C)c12. The zero-order chi connectivity index (χ0) is 27.0. The van der Waals surface area contributed by atoms with E-state index in [9.17, 15) is 4.79 Å². The average Bonchev–Trinajstić information content (AvgIpc) is 3.59. The number of nitrogens with zero attached hydrogens (tertiary/aromatic N) is 6. The molecule has 1 aliphatic heterocycles. The Bertz CT molecular complexity index is 1480. The van der Waals surface area contributed by atoms with E-state index in [0.29, 0.717) is 52.5 Å². The van der Waals surface area contributed by atoms with Gasteiger partial charge in [0.05, 0.1) is 31.6 Å². The molecule has 1 atom stereocenters. The second kappa shape index (κ2) is 10.1. The third-order valence-electron chi connectivity index (χ3n) is 6.47. The lowest BCUT2D eigenvalue weighted by atomic mass is 9.91. The van der Waals surface area contributed by atoms with Gasteiger partial charge in [-0.05, 0) is 19.4 Å². The Hall–Kier alpha value is -3.99. The van der Waals surface area contributed by atoms with Crippen molar-refractivity contribution < 1.29 is 19.0 Å². The molecule has 1 saturated heterocycles. The molecule has 0 aliphatic carbocycles. The van der Waals surface area contributed by atoms with E-state index < -0.39 is 0 Å². The second-order valence-electron chi connectivity index (χ2n) is 10.5. The summed E-state index contributed by atoms with van der Waals surface area (Å²) in [5.74, 6) is 2.75. The highest BCUT2D eigenvalue weighted by Gasteiger charge is 2.28. The summed E-state index contributed by atoms with van der Waals surface area (Å²) >= 11 is 0. The van der Waals surface area contributed by atoms with Gasteiger partial charge in [-0.2, -0.15) is 10.1 Å². The predicted octanol–water partition coefficient (Wildman–Crippen LogP) is 4.49. The van der Waals surface area contributed by atoms with Crippen molar-refractivity contribution >= 4 is 28.7 Å². The summed E-state index contributed by atoms with van der Waals surface area (Å²) in [5.41, 5.74) is 2.85. The van der Waals surface area contributed by atoms with Crippen LogP contribution < -0.4 is 14.8 Å². The van der Waals surface area contributed by atoms with Crippen molar-refractivity contribution in [3.05, 3.63) is 42.0 Å². The molecule has 200 valence electrons. The summed E-state index contributed by atoms with van der Waals surface area (Å²) in [4.78, 5) is 24.9. The second-order valence-corrected chi connectivity index (χ2v) is 10.5. The number of nitrogens with one attached hydrogen (secondary N) is 1. The van der Waals surface area contributed by atoms with Crippen molar-refractivity contribution in [1.82, 2.24) is 29.3 Å².